The molecule has 1 N–H and O–H groups in total. The van der Waals surface area contributed by atoms with E-state index in [4.69, 9.17) is 4.74 Å². The maximum atomic E-state index is 12.5. The Hall–Kier alpha value is -3.15. The van der Waals surface area contributed by atoms with Gasteiger partial charge in [0.1, 0.15) is 0 Å². The lowest BCUT2D eigenvalue weighted by Crippen LogP contribution is -2.37. The zero-order valence-corrected chi connectivity index (χ0v) is 17.6. The van der Waals surface area contributed by atoms with Gasteiger partial charge in [0.15, 0.2) is 6.10 Å². The number of carbonyl (C=O) groups is 3. The van der Waals surface area contributed by atoms with Crippen molar-refractivity contribution in [2.75, 3.05) is 6.54 Å². The summed E-state index contributed by atoms with van der Waals surface area (Å²) in [5.74, 6) is -1.51. The number of benzene rings is 2. The number of esters is 1. The predicted octanol–water partition coefficient (Wildman–Crippen LogP) is 3.15. The Morgan fingerprint density at radius 2 is 1.77 bits per heavy atom. The van der Waals surface area contributed by atoms with Crippen molar-refractivity contribution < 1.29 is 19.1 Å². The van der Waals surface area contributed by atoms with Gasteiger partial charge >= 0.3 is 5.97 Å². The average Bonchev–Trinajstić information content (AvgIpc) is 3.15. The van der Waals surface area contributed by atoms with Crippen LogP contribution in [0.5, 0.6) is 0 Å². The summed E-state index contributed by atoms with van der Waals surface area (Å²) in [7, 11) is 0. The minimum Gasteiger partial charge on any atom is -0.452 e. The molecule has 2 aromatic rings. The Bertz CT molecular complexity index is 895. The van der Waals surface area contributed by atoms with Gasteiger partial charge in [-0.25, -0.2) is 0 Å². The molecule has 2 amide bonds. The number of amides is 2. The summed E-state index contributed by atoms with van der Waals surface area (Å²) in [6.45, 7) is 6.15. The fraction of sp³-hybridized carbons (Fsp3) is 0.375. The number of nitrogens with one attached hydrogen (secondary N) is 1. The zero-order valence-electron chi connectivity index (χ0n) is 17.6. The highest BCUT2D eigenvalue weighted by Crippen LogP contribution is 2.29. The number of hydrogen-bond donors (Lipinski definition) is 1. The van der Waals surface area contributed by atoms with E-state index in [2.05, 4.69) is 5.32 Å². The summed E-state index contributed by atoms with van der Waals surface area (Å²) in [4.78, 5) is 39.0. The molecule has 0 bridgehead atoms. The molecule has 0 aromatic heterocycles. The van der Waals surface area contributed by atoms with Gasteiger partial charge in [-0.05, 0) is 31.9 Å². The Labute approximate surface area is 177 Å². The van der Waals surface area contributed by atoms with Crippen molar-refractivity contribution in [2.24, 2.45) is 5.92 Å². The molecule has 0 radical (unpaired) electrons. The largest absolute Gasteiger partial charge is 0.452 e. The first-order valence-electron chi connectivity index (χ1n) is 10.2. The lowest BCUT2D eigenvalue weighted by molar-refractivity contribution is -0.158. The number of hydrogen-bond acceptors (Lipinski definition) is 4. The molecule has 0 unspecified atom stereocenters. The van der Waals surface area contributed by atoms with Crippen LogP contribution in [0.25, 0.3) is 0 Å². The maximum Gasteiger partial charge on any atom is 0.312 e. The second-order valence-electron chi connectivity index (χ2n) is 7.82. The van der Waals surface area contributed by atoms with Crippen LogP contribution in [0.2, 0.25) is 0 Å². The SMILES string of the molecule is Cc1ccc(CNC(=O)[C@H](C)OC(=O)[C@@H]2CC(=O)N([C@@H](C)c3ccccc3)C2)cc1. The highest BCUT2D eigenvalue weighted by molar-refractivity contribution is 5.89. The van der Waals surface area contributed by atoms with Gasteiger partial charge in [0.25, 0.3) is 5.91 Å². The summed E-state index contributed by atoms with van der Waals surface area (Å²) >= 11 is 0. The van der Waals surface area contributed by atoms with E-state index in [1.807, 2.05) is 68.4 Å². The molecule has 0 spiro atoms. The first-order valence-corrected chi connectivity index (χ1v) is 10.2. The number of aryl methyl sites for hydroxylation is 1. The second kappa shape index (κ2) is 9.57. The first-order chi connectivity index (χ1) is 14.3. The zero-order chi connectivity index (χ0) is 21.7. The molecular formula is C24H28N2O4. The maximum absolute atomic E-state index is 12.5. The van der Waals surface area contributed by atoms with Crippen LogP contribution in [-0.4, -0.2) is 35.3 Å². The lowest BCUT2D eigenvalue weighted by atomic mass is 10.1. The van der Waals surface area contributed by atoms with Crippen molar-refractivity contribution in [1.82, 2.24) is 10.2 Å². The number of likely N-dealkylation sites (tertiary alicyclic amines) is 1. The third-order valence-corrected chi connectivity index (χ3v) is 5.49. The van der Waals surface area contributed by atoms with Gasteiger partial charge in [0.2, 0.25) is 5.91 Å². The fourth-order valence-corrected chi connectivity index (χ4v) is 3.54. The molecule has 30 heavy (non-hydrogen) atoms. The number of carbonyl (C=O) groups excluding carboxylic acids is 3. The van der Waals surface area contributed by atoms with Gasteiger partial charge in [-0.15, -0.1) is 0 Å². The molecule has 1 aliphatic rings. The van der Waals surface area contributed by atoms with E-state index in [0.29, 0.717) is 13.1 Å². The highest BCUT2D eigenvalue weighted by atomic mass is 16.5. The number of ether oxygens (including phenoxy) is 1. The Balaban J connectivity index is 1.50. The van der Waals surface area contributed by atoms with Crippen LogP contribution in [0.15, 0.2) is 54.6 Å². The molecule has 1 aliphatic heterocycles. The summed E-state index contributed by atoms with van der Waals surface area (Å²) in [6, 6.07) is 17.4. The molecular weight excluding hydrogens is 380 g/mol. The van der Waals surface area contributed by atoms with Gasteiger partial charge in [0, 0.05) is 19.5 Å². The third-order valence-electron chi connectivity index (χ3n) is 5.49. The van der Waals surface area contributed by atoms with Crippen molar-refractivity contribution in [3.05, 3.63) is 71.3 Å². The van der Waals surface area contributed by atoms with Crippen LogP contribution in [-0.2, 0) is 25.7 Å². The second-order valence-corrected chi connectivity index (χ2v) is 7.82. The smallest absolute Gasteiger partial charge is 0.312 e. The van der Waals surface area contributed by atoms with Gasteiger partial charge in [-0.1, -0.05) is 60.2 Å². The van der Waals surface area contributed by atoms with Crippen LogP contribution in [0, 0.1) is 12.8 Å². The van der Waals surface area contributed by atoms with Gasteiger partial charge in [0.05, 0.1) is 12.0 Å². The fourth-order valence-electron chi connectivity index (χ4n) is 3.54. The number of rotatable bonds is 7. The molecule has 1 fully saturated rings. The van der Waals surface area contributed by atoms with E-state index < -0.39 is 18.0 Å². The normalized spacial score (nSPS) is 18.0. The van der Waals surface area contributed by atoms with E-state index in [-0.39, 0.29) is 24.3 Å². The van der Waals surface area contributed by atoms with Crippen molar-refractivity contribution in [3.63, 3.8) is 0 Å². The van der Waals surface area contributed by atoms with Crippen molar-refractivity contribution >= 4 is 17.8 Å². The van der Waals surface area contributed by atoms with E-state index in [1.54, 1.807) is 11.8 Å². The molecule has 158 valence electrons. The summed E-state index contributed by atoms with van der Waals surface area (Å²) in [5.41, 5.74) is 3.14. The third kappa shape index (κ3) is 5.26. The molecule has 3 atom stereocenters. The van der Waals surface area contributed by atoms with Crippen molar-refractivity contribution in [2.45, 2.75) is 45.9 Å². The monoisotopic (exact) mass is 408 g/mol. The predicted molar refractivity (Wildman–Crippen MR) is 113 cm³/mol. The molecule has 1 saturated heterocycles. The lowest BCUT2D eigenvalue weighted by Gasteiger charge is -2.25. The topological polar surface area (TPSA) is 75.7 Å². The molecule has 0 aliphatic carbocycles. The van der Waals surface area contributed by atoms with Crippen LogP contribution < -0.4 is 5.32 Å². The highest BCUT2D eigenvalue weighted by Gasteiger charge is 2.38. The number of nitrogens with zero attached hydrogens (tertiary/aromatic N) is 1. The molecule has 3 rings (SSSR count). The Morgan fingerprint density at radius 3 is 2.43 bits per heavy atom. The minimum absolute atomic E-state index is 0.0789. The summed E-state index contributed by atoms with van der Waals surface area (Å²) < 4.78 is 5.36. The molecule has 1 heterocycles. The van der Waals surface area contributed by atoms with Gasteiger partial charge in [-0.3, -0.25) is 14.4 Å². The Morgan fingerprint density at radius 1 is 1.10 bits per heavy atom. The van der Waals surface area contributed by atoms with Crippen LogP contribution in [0.1, 0.15) is 43.0 Å². The standard InChI is InChI=1S/C24H28N2O4/c1-16-9-11-19(12-10-16)14-25-23(28)18(3)30-24(29)21-13-22(27)26(15-21)17(2)20-7-5-4-6-8-20/h4-12,17-18,21H,13-15H2,1-3H3,(H,25,28)/t17-,18-,21+/m0/s1. The van der Waals surface area contributed by atoms with E-state index in [0.717, 1.165) is 16.7 Å². The van der Waals surface area contributed by atoms with Crippen molar-refractivity contribution in [1.29, 1.82) is 0 Å². The van der Waals surface area contributed by atoms with Crippen LogP contribution in [0.3, 0.4) is 0 Å². The summed E-state index contributed by atoms with van der Waals surface area (Å²) in [5, 5.41) is 2.78. The van der Waals surface area contributed by atoms with E-state index in [1.165, 1.54) is 0 Å². The summed E-state index contributed by atoms with van der Waals surface area (Å²) in [6.07, 6.45) is -0.813. The first kappa shape index (κ1) is 21.6. The quantitative estimate of drug-likeness (QED) is 0.714. The molecule has 6 nitrogen and oxygen atoms in total. The minimum atomic E-state index is -0.918. The van der Waals surface area contributed by atoms with Gasteiger partial charge < -0.3 is 15.0 Å². The van der Waals surface area contributed by atoms with E-state index >= 15 is 0 Å². The average molecular weight is 408 g/mol. The molecule has 2 aromatic carbocycles. The van der Waals surface area contributed by atoms with E-state index in [9.17, 15) is 14.4 Å². The molecule has 6 heteroatoms. The Kier molecular flexibility index (Phi) is 6.87. The van der Waals surface area contributed by atoms with Crippen LogP contribution >= 0.6 is 0 Å². The molecule has 0 saturated carbocycles. The van der Waals surface area contributed by atoms with Crippen LogP contribution in [0.4, 0.5) is 0 Å². The van der Waals surface area contributed by atoms with Gasteiger partial charge in [-0.2, -0.15) is 0 Å². The van der Waals surface area contributed by atoms with Crippen molar-refractivity contribution in [3.8, 4) is 0 Å².